The third-order valence-electron chi connectivity index (χ3n) is 7.83. The van der Waals surface area contributed by atoms with E-state index in [0.717, 1.165) is 47.9 Å². The van der Waals surface area contributed by atoms with Gasteiger partial charge in [-0.1, -0.05) is 24.3 Å². The second-order valence-corrected chi connectivity index (χ2v) is 10.7. The number of nitrogens with zero attached hydrogens (tertiary/aromatic N) is 3. The first-order valence-corrected chi connectivity index (χ1v) is 13.6. The molecule has 38 heavy (non-hydrogen) atoms. The molecule has 1 aliphatic carbocycles. The van der Waals surface area contributed by atoms with Crippen molar-refractivity contribution in [3.05, 3.63) is 72.3 Å². The fourth-order valence-electron chi connectivity index (χ4n) is 5.42. The van der Waals surface area contributed by atoms with E-state index < -0.39 is 0 Å². The zero-order chi connectivity index (χ0) is 26.6. The average Bonchev–Trinajstić information content (AvgIpc) is 3.67. The number of likely N-dealkylation sites (tertiary alicyclic amines) is 1. The summed E-state index contributed by atoms with van der Waals surface area (Å²) in [4.78, 5) is 20.8. The molecule has 0 bridgehead atoms. The van der Waals surface area contributed by atoms with Crippen molar-refractivity contribution >= 4 is 17.3 Å². The highest BCUT2D eigenvalue weighted by Gasteiger charge is 2.33. The lowest BCUT2D eigenvalue weighted by atomic mass is 10.0. The van der Waals surface area contributed by atoms with Crippen molar-refractivity contribution in [1.29, 1.82) is 0 Å². The highest BCUT2D eigenvalue weighted by atomic mass is 16.5. The van der Waals surface area contributed by atoms with Crippen LogP contribution in [0.25, 0.3) is 11.1 Å². The van der Waals surface area contributed by atoms with Crippen LogP contribution in [0.4, 0.5) is 11.4 Å². The molecule has 0 spiro atoms. The minimum absolute atomic E-state index is 0.0238. The number of benzene rings is 3. The fourth-order valence-corrected chi connectivity index (χ4v) is 5.42. The summed E-state index contributed by atoms with van der Waals surface area (Å²) in [7, 11) is 7.30. The van der Waals surface area contributed by atoms with E-state index >= 15 is 0 Å². The molecule has 1 saturated carbocycles. The summed E-state index contributed by atoms with van der Waals surface area (Å²) < 4.78 is 10.9. The monoisotopic (exact) mass is 513 g/mol. The first-order chi connectivity index (χ1) is 18.5. The molecule has 3 aromatic rings. The van der Waals surface area contributed by atoms with E-state index in [2.05, 4.69) is 58.3 Å². The number of amides is 1. The van der Waals surface area contributed by atoms with E-state index in [1.807, 2.05) is 31.1 Å². The lowest BCUT2D eigenvalue weighted by Crippen LogP contribution is -2.44. The third kappa shape index (κ3) is 5.81. The molecule has 0 N–H and O–H groups in total. The Balaban J connectivity index is 1.48. The third-order valence-corrected chi connectivity index (χ3v) is 7.83. The Labute approximate surface area is 226 Å². The van der Waals surface area contributed by atoms with Crippen LogP contribution in [0.5, 0.6) is 11.5 Å². The number of carbonyl (C=O) groups excluding carboxylic acids is 1. The van der Waals surface area contributed by atoms with Crippen LogP contribution < -0.4 is 19.3 Å². The molecule has 1 unspecified atom stereocenters. The van der Waals surface area contributed by atoms with Crippen molar-refractivity contribution in [3.8, 4) is 22.6 Å². The van der Waals surface area contributed by atoms with Crippen molar-refractivity contribution < 1.29 is 14.3 Å². The SMILES string of the molecule is COc1ccc(C(=O)N(CC2CCCN2CC2CC2)c2cccc(-c3ccc(N(C)C)cc3)c2)cc1OC. The van der Waals surface area contributed by atoms with Gasteiger partial charge < -0.3 is 19.3 Å². The number of rotatable bonds is 10. The lowest BCUT2D eigenvalue weighted by molar-refractivity contribution is 0.0977. The second kappa shape index (κ2) is 11.5. The number of anilines is 2. The van der Waals surface area contributed by atoms with Gasteiger partial charge in [0.2, 0.25) is 0 Å². The number of hydrogen-bond acceptors (Lipinski definition) is 5. The zero-order valence-corrected chi connectivity index (χ0v) is 23.0. The number of ether oxygens (including phenoxy) is 2. The summed E-state index contributed by atoms with van der Waals surface area (Å²) in [6.07, 6.45) is 4.99. The first-order valence-electron chi connectivity index (χ1n) is 13.6. The standard InChI is InChI=1S/C32H39N3O3/c1-33(2)27-15-12-24(13-16-27)25-7-5-8-28(19-25)35(22-29-9-6-18-34(29)21-23-10-11-23)32(36)26-14-17-30(37-3)31(20-26)38-4/h5,7-8,12-17,19-20,23,29H,6,9-11,18,21-22H2,1-4H3. The Morgan fingerprint density at radius 1 is 0.868 bits per heavy atom. The molecule has 0 aromatic heterocycles. The topological polar surface area (TPSA) is 45.2 Å². The van der Waals surface area contributed by atoms with Gasteiger partial charge in [0.15, 0.2) is 11.5 Å². The quantitative estimate of drug-likeness (QED) is 0.335. The smallest absolute Gasteiger partial charge is 0.258 e. The number of methoxy groups -OCH3 is 2. The Hall–Kier alpha value is -3.51. The molecule has 6 heteroatoms. The van der Waals surface area contributed by atoms with E-state index in [1.54, 1.807) is 20.3 Å². The van der Waals surface area contributed by atoms with Gasteiger partial charge in [-0.3, -0.25) is 9.69 Å². The van der Waals surface area contributed by atoms with Crippen LogP contribution in [-0.4, -0.2) is 64.8 Å². The van der Waals surface area contributed by atoms with Gasteiger partial charge in [0.05, 0.1) is 14.2 Å². The minimum Gasteiger partial charge on any atom is -0.493 e. The highest BCUT2D eigenvalue weighted by Crippen LogP contribution is 2.34. The molecule has 1 amide bonds. The van der Waals surface area contributed by atoms with Gasteiger partial charge in [0, 0.05) is 50.2 Å². The second-order valence-electron chi connectivity index (χ2n) is 10.7. The predicted molar refractivity (Wildman–Crippen MR) is 155 cm³/mol. The summed E-state index contributed by atoms with van der Waals surface area (Å²) in [5.41, 5.74) is 4.89. The molecule has 1 heterocycles. The van der Waals surface area contributed by atoms with Crippen LogP contribution in [0.3, 0.4) is 0 Å². The van der Waals surface area contributed by atoms with Gasteiger partial charge in [0.25, 0.3) is 5.91 Å². The van der Waals surface area contributed by atoms with E-state index in [9.17, 15) is 4.79 Å². The minimum atomic E-state index is -0.0238. The predicted octanol–water partition coefficient (Wildman–Crippen LogP) is 5.96. The van der Waals surface area contributed by atoms with Crippen LogP contribution in [0, 0.1) is 5.92 Å². The zero-order valence-electron chi connectivity index (χ0n) is 23.0. The van der Waals surface area contributed by atoms with Gasteiger partial charge >= 0.3 is 0 Å². The largest absolute Gasteiger partial charge is 0.493 e. The molecule has 200 valence electrons. The molecule has 5 rings (SSSR count). The highest BCUT2D eigenvalue weighted by molar-refractivity contribution is 6.06. The fraction of sp³-hybridized carbons (Fsp3) is 0.406. The molecule has 6 nitrogen and oxygen atoms in total. The molecule has 1 saturated heterocycles. The molecule has 1 aliphatic heterocycles. The Kier molecular flexibility index (Phi) is 7.89. The molecule has 0 radical (unpaired) electrons. The number of carbonyl (C=O) groups is 1. The Morgan fingerprint density at radius 3 is 2.32 bits per heavy atom. The summed E-state index contributed by atoms with van der Waals surface area (Å²) in [6, 6.07) is 22.7. The maximum absolute atomic E-state index is 14.1. The number of hydrogen-bond donors (Lipinski definition) is 0. The van der Waals surface area contributed by atoms with E-state index in [4.69, 9.17) is 9.47 Å². The van der Waals surface area contributed by atoms with Crippen LogP contribution in [0.2, 0.25) is 0 Å². The summed E-state index contributed by atoms with van der Waals surface area (Å²) >= 11 is 0. The molecule has 3 aromatic carbocycles. The van der Waals surface area contributed by atoms with Crippen molar-refractivity contribution in [2.75, 3.05) is 57.7 Å². The Bertz CT molecular complexity index is 1250. The van der Waals surface area contributed by atoms with Gasteiger partial charge in [-0.2, -0.15) is 0 Å². The van der Waals surface area contributed by atoms with Crippen LogP contribution in [0.1, 0.15) is 36.0 Å². The van der Waals surface area contributed by atoms with Crippen LogP contribution in [-0.2, 0) is 0 Å². The van der Waals surface area contributed by atoms with E-state index in [0.29, 0.717) is 29.6 Å². The van der Waals surface area contributed by atoms with Gasteiger partial charge in [0.1, 0.15) is 0 Å². The van der Waals surface area contributed by atoms with E-state index in [1.165, 1.54) is 19.3 Å². The molecule has 1 atom stereocenters. The molecular formula is C32H39N3O3. The van der Waals surface area contributed by atoms with Crippen LogP contribution in [0.15, 0.2) is 66.7 Å². The van der Waals surface area contributed by atoms with E-state index in [-0.39, 0.29) is 5.91 Å². The summed E-state index contributed by atoms with van der Waals surface area (Å²) in [5, 5.41) is 0. The van der Waals surface area contributed by atoms with Crippen molar-refractivity contribution in [2.24, 2.45) is 5.92 Å². The van der Waals surface area contributed by atoms with Gasteiger partial charge in [-0.05, 0) is 91.7 Å². The Morgan fingerprint density at radius 2 is 1.63 bits per heavy atom. The maximum atomic E-state index is 14.1. The summed E-state index contributed by atoms with van der Waals surface area (Å²) in [6.45, 7) is 2.95. The van der Waals surface area contributed by atoms with Gasteiger partial charge in [-0.15, -0.1) is 0 Å². The van der Waals surface area contributed by atoms with Crippen molar-refractivity contribution in [3.63, 3.8) is 0 Å². The molecule has 2 fully saturated rings. The first kappa shape index (κ1) is 26.1. The van der Waals surface area contributed by atoms with Gasteiger partial charge in [-0.25, -0.2) is 0 Å². The summed E-state index contributed by atoms with van der Waals surface area (Å²) in [5.74, 6) is 1.98. The maximum Gasteiger partial charge on any atom is 0.258 e. The normalized spacial score (nSPS) is 17.3. The van der Waals surface area contributed by atoms with Crippen molar-refractivity contribution in [2.45, 2.75) is 31.7 Å². The van der Waals surface area contributed by atoms with Crippen LogP contribution >= 0.6 is 0 Å². The lowest BCUT2D eigenvalue weighted by Gasteiger charge is -2.31. The average molecular weight is 514 g/mol. The molecule has 2 aliphatic rings. The van der Waals surface area contributed by atoms with Crippen molar-refractivity contribution in [1.82, 2.24) is 4.90 Å². The molecular weight excluding hydrogens is 474 g/mol.